The van der Waals surface area contributed by atoms with Crippen molar-refractivity contribution in [3.8, 4) is 11.6 Å². The Morgan fingerprint density at radius 2 is 2.20 bits per heavy atom. The van der Waals surface area contributed by atoms with Gasteiger partial charge in [-0.3, -0.25) is 4.31 Å². The number of aromatic hydroxyl groups is 1. The lowest BCUT2D eigenvalue weighted by molar-refractivity contribution is 0.391. The fourth-order valence-corrected chi connectivity index (χ4v) is 4.29. The van der Waals surface area contributed by atoms with Crippen LogP contribution in [0, 0.1) is 0 Å². The highest BCUT2D eigenvalue weighted by Gasteiger charge is 2.29. The van der Waals surface area contributed by atoms with Crippen LogP contribution >= 0.6 is 11.5 Å². The molecule has 0 bridgehead atoms. The molecule has 0 amide bonds. The van der Waals surface area contributed by atoms with Gasteiger partial charge in [-0.1, -0.05) is 6.07 Å². The van der Waals surface area contributed by atoms with Crippen molar-refractivity contribution in [2.75, 3.05) is 18.0 Å². The van der Waals surface area contributed by atoms with Gasteiger partial charge in [-0.25, -0.2) is 8.42 Å². The molecule has 0 saturated heterocycles. The molecule has 0 aliphatic heterocycles. The van der Waals surface area contributed by atoms with Crippen LogP contribution in [0.2, 0.25) is 0 Å². The van der Waals surface area contributed by atoms with Gasteiger partial charge in [0.1, 0.15) is 5.75 Å². The Labute approximate surface area is 121 Å². The summed E-state index contributed by atoms with van der Waals surface area (Å²) in [5, 5.41) is 10.9. The molecular weight excluding hydrogens is 300 g/mol. The number of phenols is 1. The maximum atomic E-state index is 12.6. The van der Waals surface area contributed by atoms with Crippen LogP contribution in [0.4, 0.5) is 5.69 Å². The first-order valence-corrected chi connectivity index (χ1v) is 8.08. The topological polar surface area (TPSA) is 79.7 Å². The number of hydrogen-bond acceptors (Lipinski definition) is 6. The van der Waals surface area contributed by atoms with Crippen LogP contribution in [0.1, 0.15) is 6.92 Å². The van der Waals surface area contributed by atoms with Crippen molar-refractivity contribution in [3.63, 3.8) is 0 Å². The van der Waals surface area contributed by atoms with Gasteiger partial charge in [0.2, 0.25) is 5.88 Å². The SMILES string of the molecule is CCN(c1cccc(O)c1)S(=O)(=O)c1csnc1OC. The van der Waals surface area contributed by atoms with Gasteiger partial charge in [0.05, 0.1) is 12.8 Å². The van der Waals surface area contributed by atoms with E-state index in [-0.39, 0.29) is 23.1 Å². The average molecular weight is 314 g/mol. The molecule has 2 aromatic rings. The summed E-state index contributed by atoms with van der Waals surface area (Å²) < 4.78 is 35.4. The van der Waals surface area contributed by atoms with Gasteiger partial charge in [-0.05, 0) is 30.6 Å². The molecule has 1 heterocycles. The third kappa shape index (κ3) is 2.56. The molecule has 0 radical (unpaired) electrons. The van der Waals surface area contributed by atoms with Gasteiger partial charge in [0.15, 0.2) is 4.90 Å². The van der Waals surface area contributed by atoms with Crippen LogP contribution in [-0.2, 0) is 10.0 Å². The molecule has 0 aliphatic rings. The summed E-state index contributed by atoms with van der Waals surface area (Å²) >= 11 is 1.01. The number of anilines is 1. The van der Waals surface area contributed by atoms with Crippen LogP contribution in [-0.4, -0.2) is 31.6 Å². The highest BCUT2D eigenvalue weighted by atomic mass is 32.2. The maximum Gasteiger partial charge on any atom is 0.270 e. The second kappa shape index (κ2) is 5.68. The van der Waals surface area contributed by atoms with Crippen LogP contribution in [0.3, 0.4) is 0 Å². The second-order valence-corrected chi connectivity index (χ2v) is 6.34. The quantitative estimate of drug-likeness (QED) is 0.914. The predicted molar refractivity (Wildman–Crippen MR) is 77.0 cm³/mol. The molecule has 1 N–H and O–H groups in total. The molecule has 1 aromatic heterocycles. The number of aromatic nitrogens is 1. The predicted octanol–water partition coefficient (Wildman–Crippen LogP) is 2.07. The second-order valence-electron chi connectivity index (χ2n) is 3.88. The van der Waals surface area contributed by atoms with E-state index in [4.69, 9.17) is 4.74 Å². The Bertz CT molecular complexity index is 697. The third-order valence-electron chi connectivity index (χ3n) is 2.67. The summed E-state index contributed by atoms with van der Waals surface area (Å²) in [6.45, 7) is 1.94. The number of sulfonamides is 1. The standard InChI is InChI=1S/C12H14N2O4S2/c1-3-14(9-5-4-6-10(15)7-9)20(16,17)11-8-19-13-12(11)18-2/h4-8,15H,3H2,1-2H3. The van der Waals surface area contributed by atoms with Gasteiger partial charge in [-0.2, -0.15) is 4.37 Å². The maximum absolute atomic E-state index is 12.6. The Morgan fingerprint density at radius 1 is 1.45 bits per heavy atom. The first kappa shape index (κ1) is 14.6. The molecule has 0 fully saturated rings. The normalized spacial score (nSPS) is 11.3. The van der Waals surface area contributed by atoms with Gasteiger partial charge >= 0.3 is 0 Å². The summed E-state index contributed by atoms with van der Waals surface area (Å²) in [5.41, 5.74) is 0.390. The number of benzene rings is 1. The van der Waals surface area contributed by atoms with Crippen molar-refractivity contribution < 1.29 is 18.3 Å². The van der Waals surface area contributed by atoms with E-state index in [2.05, 4.69) is 4.37 Å². The van der Waals surface area contributed by atoms with E-state index in [0.717, 1.165) is 11.5 Å². The number of hydrogen-bond donors (Lipinski definition) is 1. The number of methoxy groups -OCH3 is 1. The Morgan fingerprint density at radius 3 is 2.80 bits per heavy atom. The van der Waals surface area contributed by atoms with E-state index in [0.29, 0.717) is 5.69 Å². The highest BCUT2D eigenvalue weighted by Crippen LogP contribution is 2.31. The van der Waals surface area contributed by atoms with Crippen molar-refractivity contribution >= 4 is 27.2 Å². The first-order valence-electron chi connectivity index (χ1n) is 5.80. The molecule has 6 nitrogen and oxygen atoms in total. The molecule has 0 aliphatic carbocycles. The van der Waals surface area contributed by atoms with Gasteiger partial charge in [-0.15, -0.1) is 0 Å². The van der Waals surface area contributed by atoms with E-state index in [1.54, 1.807) is 19.1 Å². The average Bonchev–Trinajstić information content (AvgIpc) is 2.88. The molecule has 2 rings (SSSR count). The lowest BCUT2D eigenvalue weighted by Gasteiger charge is -2.22. The van der Waals surface area contributed by atoms with E-state index < -0.39 is 10.0 Å². The third-order valence-corrected chi connectivity index (χ3v) is 5.33. The lowest BCUT2D eigenvalue weighted by atomic mass is 10.3. The minimum atomic E-state index is -3.78. The number of ether oxygens (including phenoxy) is 1. The van der Waals surface area contributed by atoms with Crippen LogP contribution in [0.5, 0.6) is 11.6 Å². The summed E-state index contributed by atoms with van der Waals surface area (Å²) in [5.74, 6) is 0.0835. The molecule has 0 spiro atoms. The summed E-state index contributed by atoms with van der Waals surface area (Å²) in [7, 11) is -2.40. The fourth-order valence-electron chi connectivity index (χ4n) is 1.78. The summed E-state index contributed by atoms with van der Waals surface area (Å²) in [6.07, 6.45) is 0. The van der Waals surface area contributed by atoms with Crippen molar-refractivity contribution in [3.05, 3.63) is 29.6 Å². The zero-order valence-corrected chi connectivity index (χ0v) is 12.6. The molecule has 8 heteroatoms. The molecule has 108 valence electrons. The molecular formula is C12H14N2O4S2. The van der Waals surface area contributed by atoms with E-state index >= 15 is 0 Å². The largest absolute Gasteiger partial charge is 0.508 e. The van der Waals surface area contributed by atoms with E-state index in [1.807, 2.05) is 0 Å². The monoisotopic (exact) mass is 314 g/mol. The van der Waals surface area contributed by atoms with Crippen LogP contribution < -0.4 is 9.04 Å². The lowest BCUT2D eigenvalue weighted by Crippen LogP contribution is -2.30. The number of nitrogens with zero attached hydrogens (tertiary/aromatic N) is 2. The summed E-state index contributed by atoms with van der Waals surface area (Å²) in [6, 6.07) is 6.09. The Hall–Kier alpha value is -1.80. The minimum Gasteiger partial charge on any atom is -0.508 e. The Balaban J connectivity index is 2.51. The zero-order valence-electron chi connectivity index (χ0n) is 11.0. The van der Waals surface area contributed by atoms with Gasteiger partial charge in [0.25, 0.3) is 10.0 Å². The molecule has 1 aromatic carbocycles. The highest BCUT2D eigenvalue weighted by molar-refractivity contribution is 7.93. The van der Waals surface area contributed by atoms with Gasteiger partial charge in [0, 0.05) is 18.0 Å². The van der Waals surface area contributed by atoms with Crippen LogP contribution in [0.25, 0.3) is 0 Å². The molecule has 0 atom stereocenters. The van der Waals surface area contributed by atoms with Crippen molar-refractivity contribution in [2.45, 2.75) is 11.8 Å². The van der Waals surface area contributed by atoms with Crippen molar-refractivity contribution in [2.24, 2.45) is 0 Å². The minimum absolute atomic E-state index is 0.00607. The molecule has 0 unspecified atom stereocenters. The first-order chi connectivity index (χ1) is 9.50. The smallest absolute Gasteiger partial charge is 0.270 e. The van der Waals surface area contributed by atoms with Crippen molar-refractivity contribution in [1.82, 2.24) is 4.37 Å². The number of rotatable bonds is 5. The summed E-state index contributed by atoms with van der Waals surface area (Å²) in [4.78, 5) is 0.0233. The molecule has 20 heavy (non-hydrogen) atoms. The number of phenolic OH excluding ortho intramolecular Hbond substituents is 1. The van der Waals surface area contributed by atoms with Crippen LogP contribution in [0.15, 0.2) is 34.5 Å². The van der Waals surface area contributed by atoms with E-state index in [1.165, 1.54) is 28.9 Å². The van der Waals surface area contributed by atoms with Crippen molar-refractivity contribution in [1.29, 1.82) is 0 Å². The fraction of sp³-hybridized carbons (Fsp3) is 0.250. The Kier molecular flexibility index (Phi) is 4.15. The molecule has 0 saturated carbocycles. The van der Waals surface area contributed by atoms with E-state index in [9.17, 15) is 13.5 Å². The van der Waals surface area contributed by atoms with Gasteiger partial charge < -0.3 is 9.84 Å². The zero-order chi connectivity index (χ0) is 14.8.